The van der Waals surface area contributed by atoms with E-state index in [0.29, 0.717) is 22.3 Å². The zero-order valence-corrected chi connectivity index (χ0v) is 17.3. The Morgan fingerprint density at radius 3 is 2.82 bits per heavy atom. The van der Waals surface area contributed by atoms with Crippen molar-refractivity contribution in [2.75, 3.05) is 18.4 Å². The Bertz CT molecular complexity index is 943. The lowest BCUT2D eigenvalue weighted by Crippen LogP contribution is -2.40. The summed E-state index contributed by atoms with van der Waals surface area (Å²) in [5.41, 5.74) is 1.69. The molecule has 3 nitrogen and oxygen atoms in total. The van der Waals surface area contributed by atoms with Gasteiger partial charge in [-0.3, -0.25) is 9.69 Å². The largest absolute Gasteiger partial charge is 0.324 e. The normalized spacial score (nSPS) is 16.9. The Balaban J connectivity index is 1.52. The molecule has 28 heavy (non-hydrogen) atoms. The Kier molecular flexibility index (Phi) is 6.10. The number of carbonyl (C=O) groups is 1. The molecule has 1 aliphatic rings. The predicted molar refractivity (Wildman–Crippen MR) is 113 cm³/mol. The standard InChI is InChI=1S/C20H18F2N2OS3/c21-20(22)28-16-5-2-1-4-14(16)23-18(25)12-24-9-7-15-13(8-11-27-15)19(24)17-6-3-10-26-17/h1-6,8,10-11,19-20H,7,9,12H2,(H,23,25). The molecule has 8 heteroatoms. The maximum absolute atomic E-state index is 12.8. The van der Waals surface area contributed by atoms with Crippen molar-refractivity contribution in [1.29, 1.82) is 0 Å². The van der Waals surface area contributed by atoms with Gasteiger partial charge in [0.25, 0.3) is 5.76 Å². The van der Waals surface area contributed by atoms with Gasteiger partial charge >= 0.3 is 0 Å². The van der Waals surface area contributed by atoms with Crippen molar-refractivity contribution in [2.24, 2.45) is 0 Å². The van der Waals surface area contributed by atoms with Crippen molar-refractivity contribution >= 4 is 46.0 Å². The molecule has 1 unspecified atom stereocenters. The monoisotopic (exact) mass is 436 g/mol. The van der Waals surface area contributed by atoms with Crippen LogP contribution in [0.5, 0.6) is 0 Å². The number of amides is 1. The number of rotatable bonds is 6. The lowest BCUT2D eigenvalue weighted by molar-refractivity contribution is -0.117. The molecular formula is C20H18F2N2OS3. The molecule has 146 valence electrons. The summed E-state index contributed by atoms with van der Waals surface area (Å²) in [6, 6.07) is 13.0. The molecule has 0 bridgehead atoms. The van der Waals surface area contributed by atoms with E-state index < -0.39 is 5.76 Å². The number of nitrogens with one attached hydrogen (secondary N) is 1. The molecule has 1 amide bonds. The molecule has 0 fully saturated rings. The van der Waals surface area contributed by atoms with Crippen molar-refractivity contribution in [3.05, 3.63) is 68.5 Å². The van der Waals surface area contributed by atoms with Crippen LogP contribution in [0.2, 0.25) is 0 Å². The van der Waals surface area contributed by atoms with Crippen molar-refractivity contribution in [3.63, 3.8) is 0 Å². The third-order valence-corrected chi connectivity index (χ3v) is 7.31. The van der Waals surface area contributed by atoms with E-state index in [9.17, 15) is 13.6 Å². The maximum Gasteiger partial charge on any atom is 0.288 e. The fourth-order valence-electron chi connectivity index (χ4n) is 3.46. The van der Waals surface area contributed by atoms with Crippen molar-refractivity contribution in [3.8, 4) is 0 Å². The molecule has 3 heterocycles. The summed E-state index contributed by atoms with van der Waals surface area (Å²) in [7, 11) is 0. The molecule has 0 spiro atoms. The van der Waals surface area contributed by atoms with Gasteiger partial charge in [0.15, 0.2) is 0 Å². The third-order valence-electron chi connectivity index (χ3n) is 4.60. The van der Waals surface area contributed by atoms with Crippen molar-refractivity contribution in [2.45, 2.75) is 23.1 Å². The van der Waals surface area contributed by atoms with Crippen LogP contribution >= 0.6 is 34.4 Å². The molecule has 0 saturated carbocycles. The molecule has 1 atom stereocenters. The number of anilines is 1. The number of alkyl halides is 2. The SMILES string of the molecule is O=C(CN1CCc2sccc2C1c1cccs1)Nc1ccccc1SC(F)F. The highest BCUT2D eigenvalue weighted by Gasteiger charge is 2.31. The first-order valence-corrected chi connectivity index (χ1v) is 11.4. The predicted octanol–water partition coefficient (Wildman–Crippen LogP) is 5.71. The van der Waals surface area contributed by atoms with Gasteiger partial charge in [-0.05, 0) is 47.0 Å². The molecule has 1 aliphatic heterocycles. The number of hydrogen-bond donors (Lipinski definition) is 1. The smallest absolute Gasteiger partial charge is 0.288 e. The lowest BCUT2D eigenvalue weighted by Gasteiger charge is -2.34. The number of para-hydroxylation sites is 1. The van der Waals surface area contributed by atoms with E-state index in [1.165, 1.54) is 15.3 Å². The number of benzene rings is 1. The number of thiophene rings is 2. The topological polar surface area (TPSA) is 32.3 Å². The van der Waals surface area contributed by atoms with Crippen LogP contribution in [-0.2, 0) is 11.2 Å². The summed E-state index contributed by atoms with van der Waals surface area (Å²) < 4.78 is 25.5. The summed E-state index contributed by atoms with van der Waals surface area (Å²) >= 11 is 3.89. The van der Waals surface area contributed by atoms with Crippen LogP contribution in [0, 0.1) is 0 Å². The molecule has 4 rings (SSSR count). The van der Waals surface area contributed by atoms with Crippen molar-refractivity contribution in [1.82, 2.24) is 4.90 Å². The molecular weight excluding hydrogens is 418 g/mol. The fraction of sp³-hybridized carbons (Fsp3) is 0.250. The first-order chi connectivity index (χ1) is 13.6. The molecule has 3 aromatic rings. The van der Waals surface area contributed by atoms with Gasteiger partial charge in [0.05, 0.1) is 18.3 Å². The number of halogens is 2. The van der Waals surface area contributed by atoms with Gasteiger partial charge in [-0.1, -0.05) is 30.0 Å². The summed E-state index contributed by atoms with van der Waals surface area (Å²) in [4.78, 5) is 17.9. The highest BCUT2D eigenvalue weighted by molar-refractivity contribution is 7.99. The Labute approximate surface area is 174 Å². The van der Waals surface area contributed by atoms with Gasteiger partial charge in [0.1, 0.15) is 0 Å². The van der Waals surface area contributed by atoms with Crippen LogP contribution in [0.3, 0.4) is 0 Å². The zero-order valence-electron chi connectivity index (χ0n) is 14.8. The van der Waals surface area contributed by atoms with Crippen LogP contribution < -0.4 is 5.32 Å². The second kappa shape index (κ2) is 8.73. The highest BCUT2D eigenvalue weighted by atomic mass is 32.2. The number of nitrogens with zero attached hydrogens (tertiary/aromatic N) is 1. The zero-order chi connectivity index (χ0) is 19.5. The first kappa shape index (κ1) is 19.6. The molecule has 0 saturated heterocycles. The lowest BCUT2D eigenvalue weighted by atomic mass is 9.98. The summed E-state index contributed by atoms with van der Waals surface area (Å²) in [5.74, 6) is -2.72. The Morgan fingerprint density at radius 2 is 2.04 bits per heavy atom. The summed E-state index contributed by atoms with van der Waals surface area (Å²) in [6.07, 6.45) is 0.917. The van der Waals surface area contributed by atoms with Gasteiger partial charge in [0.2, 0.25) is 5.91 Å². The van der Waals surface area contributed by atoms with Crippen molar-refractivity contribution < 1.29 is 13.6 Å². The van der Waals surface area contributed by atoms with E-state index in [-0.39, 0.29) is 18.5 Å². The third kappa shape index (κ3) is 4.30. The molecule has 0 radical (unpaired) electrons. The van der Waals surface area contributed by atoms with E-state index in [2.05, 4.69) is 27.7 Å². The van der Waals surface area contributed by atoms with E-state index in [4.69, 9.17) is 0 Å². The van der Waals surface area contributed by atoms with Crippen LogP contribution in [0.1, 0.15) is 21.4 Å². The maximum atomic E-state index is 12.8. The average molecular weight is 437 g/mol. The fourth-order valence-corrected chi connectivity index (χ4v) is 5.84. The number of carbonyl (C=O) groups excluding carboxylic acids is 1. The quantitative estimate of drug-likeness (QED) is 0.502. The van der Waals surface area contributed by atoms with E-state index >= 15 is 0 Å². The van der Waals surface area contributed by atoms with Gasteiger partial charge < -0.3 is 5.32 Å². The highest BCUT2D eigenvalue weighted by Crippen LogP contribution is 2.39. The van der Waals surface area contributed by atoms with Gasteiger partial charge in [-0.15, -0.1) is 22.7 Å². The van der Waals surface area contributed by atoms with Crippen LogP contribution in [0.4, 0.5) is 14.5 Å². The minimum absolute atomic E-state index is 0.0615. The molecule has 1 N–H and O–H groups in total. The van der Waals surface area contributed by atoms with Crippen LogP contribution in [-0.4, -0.2) is 29.7 Å². The summed E-state index contributed by atoms with van der Waals surface area (Å²) in [5, 5.41) is 6.97. The van der Waals surface area contributed by atoms with E-state index in [0.717, 1.165) is 13.0 Å². The Morgan fingerprint density at radius 1 is 1.18 bits per heavy atom. The second-order valence-corrected chi connectivity index (χ2v) is 9.37. The molecule has 1 aromatic carbocycles. The van der Waals surface area contributed by atoms with Gasteiger partial charge in [-0.25, -0.2) is 0 Å². The average Bonchev–Trinajstić information content (AvgIpc) is 3.34. The number of hydrogen-bond acceptors (Lipinski definition) is 5. The molecule has 0 aliphatic carbocycles. The Hall–Kier alpha value is -1.74. The van der Waals surface area contributed by atoms with E-state index in [1.54, 1.807) is 46.9 Å². The minimum atomic E-state index is -2.53. The minimum Gasteiger partial charge on any atom is -0.324 e. The van der Waals surface area contributed by atoms with Crippen LogP contribution in [0.25, 0.3) is 0 Å². The molecule has 2 aromatic heterocycles. The van der Waals surface area contributed by atoms with Gasteiger partial charge in [0, 0.05) is 21.2 Å². The number of fused-ring (bicyclic) bond motifs is 1. The second-order valence-electron chi connectivity index (χ2n) is 6.36. The van der Waals surface area contributed by atoms with E-state index in [1.807, 2.05) is 11.4 Å². The van der Waals surface area contributed by atoms with Crippen LogP contribution in [0.15, 0.2) is 58.1 Å². The van der Waals surface area contributed by atoms with Gasteiger partial charge in [-0.2, -0.15) is 8.78 Å². The first-order valence-electron chi connectivity index (χ1n) is 8.79. The summed E-state index contributed by atoms with van der Waals surface area (Å²) in [6.45, 7) is 1.00. The number of thioether (sulfide) groups is 1.